The summed E-state index contributed by atoms with van der Waals surface area (Å²) >= 11 is 0. The number of amides is 2. The first kappa shape index (κ1) is 25.5. The van der Waals surface area contributed by atoms with Crippen molar-refractivity contribution in [1.29, 1.82) is 0 Å². The number of benzene rings is 1. The Bertz CT molecular complexity index is 1040. The highest BCUT2D eigenvalue weighted by Gasteiger charge is 2.20. The number of hydrogen-bond acceptors (Lipinski definition) is 5. The number of ether oxygens (including phenoxy) is 1. The second kappa shape index (κ2) is 12.4. The van der Waals surface area contributed by atoms with E-state index in [9.17, 15) is 14.4 Å². The number of para-hydroxylation sites is 1. The molecule has 0 radical (unpaired) electrons. The average Bonchev–Trinajstić information content (AvgIpc) is 3.33. The summed E-state index contributed by atoms with van der Waals surface area (Å²) in [5, 5.41) is 5.67. The Balaban J connectivity index is 1.84. The zero-order valence-electron chi connectivity index (χ0n) is 20.4. The summed E-state index contributed by atoms with van der Waals surface area (Å²) in [6, 6.07) is 7.53. The predicted octanol–water partition coefficient (Wildman–Crippen LogP) is 2.51. The Hall–Kier alpha value is -3.13. The van der Waals surface area contributed by atoms with Crippen LogP contribution in [-0.4, -0.2) is 61.1 Å². The molecule has 1 saturated heterocycles. The number of nitrogens with one attached hydrogen (secondary N) is 2. The van der Waals surface area contributed by atoms with E-state index in [1.54, 1.807) is 11.7 Å². The van der Waals surface area contributed by atoms with Gasteiger partial charge in [-0.1, -0.05) is 32.0 Å². The van der Waals surface area contributed by atoms with Crippen molar-refractivity contribution in [2.75, 3.05) is 39.8 Å². The summed E-state index contributed by atoms with van der Waals surface area (Å²) in [6.45, 7) is 8.23. The molecule has 1 aromatic heterocycles. The Morgan fingerprint density at radius 2 is 1.62 bits per heavy atom. The van der Waals surface area contributed by atoms with Crippen LogP contribution in [0.15, 0.2) is 41.5 Å². The van der Waals surface area contributed by atoms with Gasteiger partial charge in [-0.05, 0) is 44.3 Å². The van der Waals surface area contributed by atoms with E-state index in [4.69, 9.17) is 4.74 Å². The van der Waals surface area contributed by atoms with E-state index in [2.05, 4.69) is 29.4 Å². The molecule has 1 fully saturated rings. The van der Waals surface area contributed by atoms with Crippen LogP contribution in [0.3, 0.4) is 0 Å². The molecule has 2 amide bonds. The molecule has 184 valence electrons. The molecule has 0 spiro atoms. The van der Waals surface area contributed by atoms with E-state index in [0.717, 1.165) is 31.6 Å². The molecule has 1 aliphatic heterocycles. The van der Waals surface area contributed by atoms with Crippen molar-refractivity contribution in [3.8, 4) is 5.75 Å². The van der Waals surface area contributed by atoms with Crippen molar-refractivity contribution in [3.63, 3.8) is 0 Å². The van der Waals surface area contributed by atoms with Gasteiger partial charge >= 0.3 is 0 Å². The largest absolute Gasteiger partial charge is 0.496 e. The lowest BCUT2D eigenvalue weighted by Gasteiger charge is -2.16. The highest BCUT2D eigenvalue weighted by molar-refractivity contribution is 5.99. The zero-order valence-corrected chi connectivity index (χ0v) is 20.4. The van der Waals surface area contributed by atoms with Gasteiger partial charge in [0.25, 0.3) is 11.8 Å². The molecule has 2 N–H and O–H groups in total. The summed E-state index contributed by atoms with van der Waals surface area (Å²) in [5.41, 5.74) is 0.246. The van der Waals surface area contributed by atoms with Gasteiger partial charge in [-0.25, -0.2) is 0 Å². The predicted molar refractivity (Wildman–Crippen MR) is 133 cm³/mol. The highest BCUT2D eigenvalue weighted by Crippen LogP contribution is 2.18. The number of aromatic nitrogens is 1. The molecule has 0 aliphatic carbocycles. The van der Waals surface area contributed by atoms with Crippen molar-refractivity contribution in [3.05, 3.63) is 63.6 Å². The maximum absolute atomic E-state index is 13.1. The van der Waals surface area contributed by atoms with Crippen molar-refractivity contribution in [1.82, 2.24) is 20.1 Å². The van der Waals surface area contributed by atoms with Gasteiger partial charge in [0.1, 0.15) is 16.9 Å². The average molecular weight is 469 g/mol. The second-order valence-electron chi connectivity index (χ2n) is 9.14. The second-order valence-corrected chi connectivity index (χ2v) is 9.14. The van der Waals surface area contributed by atoms with Crippen LogP contribution in [0.25, 0.3) is 0 Å². The van der Waals surface area contributed by atoms with Crippen molar-refractivity contribution in [2.45, 2.75) is 39.7 Å². The molecule has 0 bridgehead atoms. The summed E-state index contributed by atoms with van der Waals surface area (Å²) in [5.74, 6) is 0.192. The van der Waals surface area contributed by atoms with Gasteiger partial charge in [-0.3, -0.25) is 14.4 Å². The molecule has 8 nitrogen and oxygen atoms in total. The number of rotatable bonds is 11. The van der Waals surface area contributed by atoms with Crippen LogP contribution in [0.4, 0.5) is 0 Å². The molecule has 0 atom stereocenters. The van der Waals surface area contributed by atoms with Gasteiger partial charge in [-0.15, -0.1) is 0 Å². The molecule has 34 heavy (non-hydrogen) atoms. The lowest BCUT2D eigenvalue weighted by atomic mass is 10.1. The number of hydrogen-bond donors (Lipinski definition) is 2. The number of carbonyl (C=O) groups excluding carboxylic acids is 2. The first-order valence-corrected chi connectivity index (χ1v) is 12.0. The first-order valence-electron chi connectivity index (χ1n) is 12.0. The minimum absolute atomic E-state index is 0.0344. The normalized spacial score (nSPS) is 13.8. The van der Waals surface area contributed by atoms with E-state index >= 15 is 0 Å². The third kappa shape index (κ3) is 6.93. The van der Waals surface area contributed by atoms with Gasteiger partial charge in [0.05, 0.1) is 13.7 Å². The molecule has 3 rings (SSSR count). The van der Waals surface area contributed by atoms with E-state index < -0.39 is 17.2 Å². The van der Waals surface area contributed by atoms with Crippen molar-refractivity contribution < 1.29 is 14.3 Å². The molecule has 0 saturated carbocycles. The van der Waals surface area contributed by atoms with Crippen LogP contribution in [0, 0.1) is 5.92 Å². The molecular formula is C26H36N4O4. The van der Waals surface area contributed by atoms with Gasteiger partial charge in [-0.2, -0.15) is 0 Å². The fourth-order valence-corrected chi connectivity index (χ4v) is 4.07. The molecular weight excluding hydrogens is 432 g/mol. The molecule has 1 aromatic carbocycles. The first-order chi connectivity index (χ1) is 16.4. The Labute approximate surface area is 201 Å². The Kier molecular flexibility index (Phi) is 9.27. The fourth-order valence-electron chi connectivity index (χ4n) is 4.07. The van der Waals surface area contributed by atoms with Crippen LogP contribution in [0.5, 0.6) is 5.75 Å². The lowest BCUT2D eigenvalue weighted by molar-refractivity contribution is 0.0947. The number of nitrogens with zero attached hydrogens (tertiary/aromatic N) is 2. The van der Waals surface area contributed by atoms with Crippen LogP contribution in [0.2, 0.25) is 0 Å². The standard InChI is InChI=1S/C26H36N4O4/c1-19(2)10-11-27-25(32)21-17-30(16-20-8-4-5-9-23(20)34-3)18-22(24(21)31)26(33)28-12-15-29-13-6-7-14-29/h4-5,8-9,17-19H,6-7,10-16H2,1-3H3,(H,27,32)(H,28,33). The monoisotopic (exact) mass is 468 g/mol. The summed E-state index contributed by atoms with van der Waals surface area (Å²) in [6.07, 6.45) is 6.19. The molecule has 0 unspecified atom stereocenters. The smallest absolute Gasteiger partial charge is 0.256 e. The van der Waals surface area contributed by atoms with Crippen molar-refractivity contribution >= 4 is 11.8 Å². The van der Waals surface area contributed by atoms with E-state index in [0.29, 0.717) is 31.3 Å². The van der Waals surface area contributed by atoms with E-state index in [1.807, 2.05) is 24.3 Å². The van der Waals surface area contributed by atoms with Gasteiger partial charge in [0.2, 0.25) is 5.43 Å². The maximum Gasteiger partial charge on any atom is 0.256 e. The Morgan fingerprint density at radius 1 is 1.00 bits per heavy atom. The van der Waals surface area contributed by atoms with Gasteiger partial charge < -0.3 is 24.8 Å². The SMILES string of the molecule is COc1ccccc1Cn1cc(C(=O)NCCC(C)C)c(=O)c(C(=O)NCCN2CCCC2)c1. The van der Waals surface area contributed by atoms with E-state index in [-0.39, 0.29) is 11.1 Å². The minimum atomic E-state index is -0.558. The number of carbonyl (C=O) groups is 2. The maximum atomic E-state index is 13.1. The molecule has 8 heteroatoms. The zero-order chi connectivity index (χ0) is 24.5. The molecule has 2 aromatic rings. The highest BCUT2D eigenvalue weighted by atomic mass is 16.5. The van der Waals surface area contributed by atoms with Crippen molar-refractivity contribution in [2.24, 2.45) is 5.92 Å². The number of methoxy groups -OCH3 is 1. The minimum Gasteiger partial charge on any atom is -0.496 e. The van der Waals surface area contributed by atoms with Gasteiger partial charge in [0.15, 0.2) is 0 Å². The number of likely N-dealkylation sites (tertiary alicyclic amines) is 1. The Morgan fingerprint density at radius 3 is 2.24 bits per heavy atom. The fraction of sp³-hybridized carbons (Fsp3) is 0.500. The lowest BCUT2D eigenvalue weighted by Crippen LogP contribution is -2.38. The van der Waals surface area contributed by atoms with Crippen LogP contribution >= 0.6 is 0 Å². The third-order valence-corrected chi connectivity index (χ3v) is 6.03. The quantitative estimate of drug-likeness (QED) is 0.529. The topological polar surface area (TPSA) is 92.7 Å². The molecule has 1 aliphatic rings. The molecule has 2 heterocycles. The summed E-state index contributed by atoms with van der Waals surface area (Å²) in [7, 11) is 1.59. The summed E-state index contributed by atoms with van der Waals surface area (Å²) in [4.78, 5) is 41.2. The van der Waals surface area contributed by atoms with E-state index in [1.165, 1.54) is 25.2 Å². The third-order valence-electron chi connectivity index (χ3n) is 6.03. The van der Waals surface area contributed by atoms with Crippen LogP contribution in [0.1, 0.15) is 59.4 Å². The van der Waals surface area contributed by atoms with Gasteiger partial charge in [0, 0.05) is 37.6 Å². The summed E-state index contributed by atoms with van der Waals surface area (Å²) < 4.78 is 7.14. The van der Waals surface area contributed by atoms with Crippen LogP contribution < -0.4 is 20.8 Å². The van der Waals surface area contributed by atoms with Crippen LogP contribution in [-0.2, 0) is 6.54 Å². The number of pyridine rings is 1.